The van der Waals surface area contributed by atoms with Crippen LogP contribution in [0.5, 0.6) is 0 Å². The molecule has 118 valence electrons. The second kappa shape index (κ2) is 6.66. The zero-order valence-electron chi connectivity index (χ0n) is 12.7. The van der Waals surface area contributed by atoms with E-state index >= 15 is 0 Å². The van der Waals surface area contributed by atoms with Crippen LogP contribution >= 0.6 is 0 Å². The molecule has 1 aromatic carbocycles. The summed E-state index contributed by atoms with van der Waals surface area (Å²) in [6.07, 6.45) is 6.14. The highest BCUT2D eigenvalue weighted by molar-refractivity contribution is 7.89. The highest BCUT2D eigenvalue weighted by atomic mass is 32.2. The van der Waals surface area contributed by atoms with Crippen LogP contribution in [0.1, 0.15) is 39.0 Å². The van der Waals surface area contributed by atoms with Gasteiger partial charge in [-0.3, -0.25) is 0 Å². The maximum atomic E-state index is 11.8. The van der Waals surface area contributed by atoms with Crippen LogP contribution in [-0.4, -0.2) is 21.5 Å². The van der Waals surface area contributed by atoms with Gasteiger partial charge >= 0.3 is 0 Å². The topological polar surface area (TPSA) is 84.2 Å². The number of benzene rings is 1. The van der Waals surface area contributed by atoms with Gasteiger partial charge in [0.25, 0.3) is 0 Å². The van der Waals surface area contributed by atoms with E-state index in [0.29, 0.717) is 12.0 Å². The normalized spacial score (nSPS) is 23.0. The number of rotatable bonds is 5. The molecule has 1 saturated carbocycles. The number of sulfonamides is 1. The fourth-order valence-corrected chi connectivity index (χ4v) is 3.93. The van der Waals surface area contributed by atoms with Gasteiger partial charge in [0.15, 0.2) is 0 Å². The first-order chi connectivity index (χ1) is 9.97. The number of nitrogens with one attached hydrogen (secondary N) is 2. The molecule has 0 bridgehead atoms. The molecule has 1 fully saturated rings. The summed E-state index contributed by atoms with van der Waals surface area (Å²) < 4.78 is 25.9. The summed E-state index contributed by atoms with van der Waals surface area (Å²) in [6.45, 7) is 2.22. The predicted molar refractivity (Wildman–Crippen MR) is 86.8 cm³/mol. The molecule has 5 nitrogen and oxygen atoms in total. The first kappa shape index (κ1) is 16.1. The molecule has 6 heteroatoms. The van der Waals surface area contributed by atoms with Crippen LogP contribution in [0.2, 0.25) is 0 Å². The molecule has 0 amide bonds. The third kappa shape index (κ3) is 3.68. The van der Waals surface area contributed by atoms with Crippen molar-refractivity contribution in [2.24, 2.45) is 5.92 Å². The van der Waals surface area contributed by atoms with Crippen molar-refractivity contribution in [1.29, 1.82) is 0 Å². The van der Waals surface area contributed by atoms with Gasteiger partial charge in [-0.05, 0) is 44.0 Å². The van der Waals surface area contributed by atoms with E-state index in [-0.39, 0.29) is 10.6 Å². The lowest BCUT2D eigenvalue weighted by molar-refractivity contribution is 0.317. The van der Waals surface area contributed by atoms with Gasteiger partial charge in [0.05, 0.1) is 5.69 Å². The quantitative estimate of drug-likeness (QED) is 0.730. The Kier molecular flexibility index (Phi) is 5.11. The summed E-state index contributed by atoms with van der Waals surface area (Å²) in [7, 11) is -2.11. The Morgan fingerprint density at radius 1 is 1.29 bits per heavy atom. The second-order valence-electron chi connectivity index (χ2n) is 5.66. The van der Waals surface area contributed by atoms with Crippen LogP contribution in [0.25, 0.3) is 0 Å². The van der Waals surface area contributed by atoms with Crippen molar-refractivity contribution in [3.05, 3.63) is 18.2 Å². The molecular weight excluding hydrogens is 286 g/mol. The van der Waals surface area contributed by atoms with Gasteiger partial charge in [0.2, 0.25) is 10.0 Å². The van der Waals surface area contributed by atoms with E-state index in [0.717, 1.165) is 12.1 Å². The van der Waals surface area contributed by atoms with Gasteiger partial charge in [-0.25, -0.2) is 13.1 Å². The fourth-order valence-electron chi connectivity index (χ4n) is 3.09. The van der Waals surface area contributed by atoms with Crippen molar-refractivity contribution < 1.29 is 8.42 Å². The minimum absolute atomic E-state index is 0.131. The lowest BCUT2D eigenvalue weighted by atomic mass is 9.83. The van der Waals surface area contributed by atoms with Gasteiger partial charge in [0.1, 0.15) is 4.90 Å². The molecule has 1 aliphatic rings. The summed E-state index contributed by atoms with van der Waals surface area (Å²) in [4.78, 5) is 0.131. The average molecular weight is 311 g/mol. The Bertz CT molecular complexity index is 587. The van der Waals surface area contributed by atoms with Gasteiger partial charge in [-0.1, -0.05) is 26.2 Å². The highest BCUT2D eigenvalue weighted by Crippen LogP contribution is 2.30. The third-order valence-electron chi connectivity index (χ3n) is 4.35. The van der Waals surface area contributed by atoms with Crippen LogP contribution in [-0.2, 0) is 10.0 Å². The van der Waals surface area contributed by atoms with Crippen LogP contribution in [0, 0.1) is 5.92 Å². The molecule has 21 heavy (non-hydrogen) atoms. The molecule has 0 radical (unpaired) electrons. The summed E-state index contributed by atoms with van der Waals surface area (Å²) in [6, 6.07) is 5.52. The molecule has 0 aromatic heterocycles. The molecule has 0 spiro atoms. The molecule has 0 heterocycles. The van der Waals surface area contributed by atoms with E-state index in [2.05, 4.69) is 17.0 Å². The number of nitrogen functional groups attached to an aromatic ring is 1. The minimum Gasteiger partial charge on any atom is -0.398 e. The van der Waals surface area contributed by atoms with E-state index in [9.17, 15) is 8.42 Å². The van der Waals surface area contributed by atoms with Crippen molar-refractivity contribution in [3.63, 3.8) is 0 Å². The minimum atomic E-state index is -3.50. The average Bonchev–Trinajstić information content (AvgIpc) is 2.47. The summed E-state index contributed by atoms with van der Waals surface area (Å²) in [5, 5.41) is 3.52. The lowest BCUT2D eigenvalue weighted by Gasteiger charge is -2.32. The van der Waals surface area contributed by atoms with Crippen molar-refractivity contribution in [1.82, 2.24) is 4.72 Å². The molecule has 0 aliphatic heterocycles. The van der Waals surface area contributed by atoms with Crippen LogP contribution < -0.4 is 15.8 Å². The lowest BCUT2D eigenvalue weighted by Crippen LogP contribution is -2.31. The van der Waals surface area contributed by atoms with Gasteiger partial charge in [0, 0.05) is 11.7 Å². The van der Waals surface area contributed by atoms with Crippen molar-refractivity contribution in [2.45, 2.75) is 50.0 Å². The Labute approximate surface area is 127 Å². The molecule has 2 rings (SSSR count). The predicted octanol–water partition coefficient (Wildman–Crippen LogP) is 2.56. The molecule has 1 aromatic rings. The number of hydrogen-bond acceptors (Lipinski definition) is 4. The standard InChI is InChI=1S/C15H25N3O2S/c1-3-11-6-4-5-7-14(11)18-12-8-9-15(13(16)10-12)21(19,20)17-2/h8-11,14,17-18H,3-7,16H2,1-2H3. The summed E-state index contributed by atoms with van der Waals surface area (Å²) in [5.74, 6) is 0.681. The first-order valence-electron chi connectivity index (χ1n) is 7.57. The number of hydrogen-bond donors (Lipinski definition) is 3. The van der Waals surface area contributed by atoms with E-state index in [4.69, 9.17) is 5.73 Å². The van der Waals surface area contributed by atoms with E-state index < -0.39 is 10.0 Å². The number of anilines is 2. The maximum absolute atomic E-state index is 11.8. The summed E-state index contributed by atoms with van der Waals surface area (Å²) in [5.41, 5.74) is 7.07. The molecule has 2 atom stereocenters. The first-order valence-corrected chi connectivity index (χ1v) is 9.06. The molecule has 0 saturated heterocycles. The zero-order chi connectivity index (χ0) is 15.5. The van der Waals surface area contributed by atoms with E-state index in [1.807, 2.05) is 0 Å². The van der Waals surface area contributed by atoms with Gasteiger partial charge < -0.3 is 11.1 Å². The molecular formula is C15H25N3O2S. The molecule has 1 aliphatic carbocycles. The Morgan fingerprint density at radius 3 is 2.62 bits per heavy atom. The largest absolute Gasteiger partial charge is 0.398 e. The van der Waals surface area contributed by atoms with Gasteiger partial charge in [-0.2, -0.15) is 0 Å². The monoisotopic (exact) mass is 311 g/mol. The van der Waals surface area contributed by atoms with Crippen molar-refractivity contribution in [2.75, 3.05) is 18.1 Å². The Morgan fingerprint density at radius 2 is 2.00 bits per heavy atom. The second-order valence-corrected chi connectivity index (χ2v) is 7.52. The SMILES string of the molecule is CCC1CCCCC1Nc1ccc(S(=O)(=O)NC)c(N)c1. The molecule has 4 N–H and O–H groups in total. The van der Waals surface area contributed by atoms with Crippen LogP contribution in [0.4, 0.5) is 11.4 Å². The van der Waals surface area contributed by atoms with Gasteiger partial charge in [-0.15, -0.1) is 0 Å². The summed E-state index contributed by atoms with van der Waals surface area (Å²) >= 11 is 0. The Hall–Kier alpha value is -1.27. The van der Waals surface area contributed by atoms with Crippen LogP contribution in [0.3, 0.4) is 0 Å². The van der Waals surface area contributed by atoms with E-state index in [1.165, 1.54) is 32.7 Å². The third-order valence-corrected chi connectivity index (χ3v) is 5.84. The number of nitrogens with two attached hydrogens (primary N) is 1. The Balaban J connectivity index is 2.17. The van der Waals surface area contributed by atoms with E-state index in [1.54, 1.807) is 18.2 Å². The van der Waals surface area contributed by atoms with Crippen LogP contribution in [0.15, 0.2) is 23.1 Å². The molecule has 2 unspecified atom stereocenters. The fraction of sp³-hybridized carbons (Fsp3) is 0.600. The smallest absolute Gasteiger partial charge is 0.242 e. The van der Waals surface area contributed by atoms with Crippen molar-refractivity contribution >= 4 is 21.4 Å². The van der Waals surface area contributed by atoms with Crippen molar-refractivity contribution in [3.8, 4) is 0 Å². The highest BCUT2D eigenvalue weighted by Gasteiger charge is 2.24. The zero-order valence-corrected chi connectivity index (χ0v) is 13.5. The maximum Gasteiger partial charge on any atom is 0.242 e.